The number of rotatable bonds is 8. The highest BCUT2D eigenvalue weighted by Gasteiger charge is 2.20. The maximum atomic E-state index is 11.9. The lowest BCUT2D eigenvalue weighted by Gasteiger charge is -2.26. The van der Waals surface area contributed by atoms with Crippen LogP contribution in [0.5, 0.6) is 0 Å². The highest BCUT2D eigenvalue weighted by molar-refractivity contribution is 9.10. The van der Waals surface area contributed by atoms with Gasteiger partial charge in [-0.1, -0.05) is 28.1 Å². The first-order chi connectivity index (χ1) is 9.78. The maximum Gasteiger partial charge on any atom is 0.303 e. The van der Waals surface area contributed by atoms with E-state index in [4.69, 9.17) is 5.11 Å². The van der Waals surface area contributed by atoms with Gasteiger partial charge in [-0.3, -0.25) is 9.59 Å². The van der Waals surface area contributed by atoms with Gasteiger partial charge >= 0.3 is 5.97 Å². The van der Waals surface area contributed by atoms with Crippen molar-refractivity contribution in [2.24, 2.45) is 0 Å². The molecule has 0 radical (unpaired) electrons. The van der Waals surface area contributed by atoms with E-state index in [1.165, 1.54) is 0 Å². The van der Waals surface area contributed by atoms with Gasteiger partial charge in [0.15, 0.2) is 0 Å². The van der Waals surface area contributed by atoms with Gasteiger partial charge in [-0.05, 0) is 50.8 Å². The van der Waals surface area contributed by atoms with Crippen molar-refractivity contribution in [2.45, 2.75) is 51.5 Å². The Morgan fingerprint density at radius 1 is 1.14 bits per heavy atom. The quantitative estimate of drug-likeness (QED) is 0.701. The smallest absolute Gasteiger partial charge is 0.303 e. The molecule has 1 aromatic carbocycles. The third kappa shape index (κ3) is 7.85. The van der Waals surface area contributed by atoms with Gasteiger partial charge in [0.2, 0.25) is 5.91 Å². The summed E-state index contributed by atoms with van der Waals surface area (Å²) in [6.07, 6.45) is 2.39. The number of unbranched alkanes of at least 4 members (excludes halogenated alkanes) is 1. The second kappa shape index (κ2) is 8.17. The topological polar surface area (TPSA) is 66.4 Å². The fraction of sp³-hybridized carbons (Fsp3) is 0.500. The highest BCUT2D eigenvalue weighted by atomic mass is 79.9. The van der Waals surface area contributed by atoms with Crippen molar-refractivity contribution in [2.75, 3.05) is 0 Å². The molecule has 21 heavy (non-hydrogen) atoms. The summed E-state index contributed by atoms with van der Waals surface area (Å²) in [6, 6.07) is 8.04. The maximum absolute atomic E-state index is 11.9. The Bertz CT molecular complexity index is 483. The predicted molar refractivity (Wildman–Crippen MR) is 86.2 cm³/mol. The molecule has 0 bridgehead atoms. The lowest BCUT2D eigenvalue weighted by molar-refractivity contribution is -0.137. The van der Waals surface area contributed by atoms with Gasteiger partial charge in [-0.25, -0.2) is 0 Å². The van der Waals surface area contributed by atoms with Crippen molar-refractivity contribution < 1.29 is 14.7 Å². The van der Waals surface area contributed by atoms with E-state index in [1.54, 1.807) is 0 Å². The van der Waals surface area contributed by atoms with Gasteiger partial charge in [-0.2, -0.15) is 0 Å². The molecule has 0 heterocycles. The van der Waals surface area contributed by atoms with Gasteiger partial charge in [-0.15, -0.1) is 0 Å². The molecule has 1 amide bonds. The monoisotopic (exact) mass is 355 g/mol. The van der Waals surface area contributed by atoms with Gasteiger partial charge in [0.1, 0.15) is 0 Å². The van der Waals surface area contributed by atoms with Gasteiger partial charge in [0.05, 0.1) is 0 Å². The zero-order valence-electron chi connectivity index (χ0n) is 12.5. The van der Waals surface area contributed by atoms with E-state index in [0.29, 0.717) is 19.3 Å². The van der Waals surface area contributed by atoms with Gasteiger partial charge in [0, 0.05) is 22.9 Å². The Hall–Kier alpha value is -1.36. The molecule has 4 nitrogen and oxygen atoms in total. The number of aliphatic carboxylic acids is 1. The molecule has 1 rings (SSSR count). The number of nitrogens with one attached hydrogen (secondary N) is 1. The molecule has 2 N–H and O–H groups in total. The molecule has 1 aromatic rings. The molecule has 116 valence electrons. The molecule has 5 heteroatoms. The first-order valence-corrected chi connectivity index (χ1v) is 7.85. The van der Waals surface area contributed by atoms with E-state index in [0.717, 1.165) is 16.5 Å². The van der Waals surface area contributed by atoms with Crippen molar-refractivity contribution >= 4 is 27.8 Å². The summed E-state index contributed by atoms with van der Waals surface area (Å²) < 4.78 is 1.03. The number of hydrogen-bond donors (Lipinski definition) is 2. The summed E-state index contributed by atoms with van der Waals surface area (Å²) in [7, 11) is 0. The zero-order chi connectivity index (χ0) is 15.9. The molecule has 0 aromatic heterocycles. The molecule has 0 fully saturated rings. The summed E-state index contributed by atoms with van der Waals surface area (Å²) in [5.41, 5.74) is 0.840. The number of carboxylic acids is 1. The number of halogens is 1. The number of carboxylic acid groups (broad SMARTS) is 1. The number of amides is 1. The van der Waals surface area contributed by atoms with Crippen LogP contribution in [0.1, 0.15) is 45.1 Å². The Kier molecular flexibility index (Phi) is 6.89. The third-order valence-electron chi connectivity index (χ3n) is 3.08. The molecule has 0 spiro atoms. The van der Waals surface area contributed by atoms with E-state index in [-0.39, 0.29) is 17.9 Å². The number of hydrogen-bond acceptors (Lipinski definition) is 2. The average Bonchev–Trinajstić information content (AvgIpc) is 2.36. The second-order valence-corrected chi connectivity index (χ2v) is 6.75. The summed E-state index contributed by atoms with van der Waals surface area (Å²) in [4.78, 5) is 22.3. The normalized spacial score (nSPS) is 11.2. The predicted octanol–water partition coefficient (Wildman–Crippen LogP) is 3.53. The van der Waals surface area contributed by atoms with E-state index < -0.39 is 5.97 Å². The van der Waals surface area contributed by atoms with Crippen LogP contribution in [-0.4, -0.2) is 22.5 Å². The molecular weight excluding hydrogens is 334 g/mol. The molecule has 0 aliphatic rings. The first-order valence-electron chi connectivity index (χ1n) is 7.06. The van der Waals surface area contributed by atoms with Gasteiger partial charge in [0.25, 0.3) is 0 Å². The van der Waals surface area contributed by atoms with Crippen LogP contribution in [0.15, 0.2) is 28.7 Å². The minimum absolute atomic E-state index is 0.0255. The zero-order valence-corrected chi connectivity index (χ0v) is 14.1. The SMILES string of the molecule is CC(C)(Cc1ccc(Br)cc1)NC(=O)CCCCC(=O)O. The minimum Gasteiger partial charge on any atom is -0.481 e. The van der Waals surface area contributed by atoms with Crippen molar-refractivity contribution in [1.82, 2.24) is 5.32 Å². The third-order valence-corrected chi connectivity index (χ3v) is 3.61. The van der Waals surface area contributed by atoms with E-state index in [2.05, 4.69) is 21.2 Å². The highest BCUT2D eigenvalue weighted by Crippen LogP contribution is 2.16. The number of carbonyl (C=O) groups excluding carboxylic acids is 1. The standard InChI is InChI=1S/C16H22BrNO3/c1-16(2,11-12-7-9-13(17)10-8-12)18-14(19)5-3-4-6-15(20)21/h7-10H,3-6,11H2,1-2H3,(H,18,19)(H,20,21). The van der Waals surface area contributed by atoms with E-state index >= 15 is 0 Å². The van der Waals surface area contributed by atoms with Crippen LogP contribution < -0.4 is 5.32 Å². The van der Waals surface area contributed by atoms with Crippen LogP contribution in [0.3, 0.4) is 0 Å². The summed E-state index contributed by atoms with van der Waals surface area (Å²) in [6.45, 7) is 3.98. The molecule has 0 atom stereocenters. The molecular formula is C16H22BrNO3. The molecule has 0 aliphatic heterocycles. The average molecular weight is 356 g/mol. The van der Waals surface area contributed by atoms with Crippen LogP contribution in [0.4, 0.5) is 0 Å². The van der Waals surface area contributed by atoms with Crippen LogP contribution >= 0.6 is 15.9 Å². The van der Waals surface area contributed by atoms with Crippen molar-refractivity contribution in [3.05, 3.63) is 34.3 Å². The molecule has 0 saturated heterocycles. The fourth-order valence-corrected chi connectivity index (χ4v) is 2.42. The largest absolute Gasteiger partial charge is 0.481 e. The minimum atomic E-state index is -0.814. The van der Waals surface area contributed by atoms with Crippen LogP contribution in [-0.2, 0) is 16.0 Å². The summed E-state index contributed by atoms with van der Waals surface area (Å²) >= 11 is 3.40. The Morgan fingerprint density at radius 3 is 2.29 bits per heavy atom. The lowest BCUT2D eigenvalue weighted by atomic mass is 9.94. The molecule has 0 unspecified atom stereocenters. The summed E-state index contributed by atoms with van der Waals surface area (Å²) in [5, 5.41) is 11.6. The van der Waals surface area contributed by atoms with Crippen LogP contribution in [0.25, 0.3) is 0 Å². The second-order valence-electron chi connectivity index (χ2n) is 5.84. The molecule has 0 aliphatic carbocycles. The summed E-state index contributed by atoms with van der Waals surface area (Å²) in [5.74, 6) is -0.839. The lowest BCUT2D eigenvalue weighted by Crippen LogP contribution is -2.45. The van der Waals surface area contributed by atoms with Gasteiger partial charge < -0.3 is 10.4 Å². The van der Waals surface area contributed by atoms with Crippen LogP contribution in [0.2, 0.25) is 0 Å². The van der Waals surface area contributed by atoms with Crippen molar-refractivity contribution in [3.63, 3.8) is 0 Å². The van der Waals surface area contributed by atoms with Crippen molar-refractivity contribution in [3.8, 4) is 0 Å². The Labute approximate surface area is 134 Å². The Balaban J connectivity index is 2.38. The van der Waals surface area contributed by atoms with E-state index in [9.17, 15) is 9.59 Å². The first kappa shape index (κ1) is 17.7. The van der Waals surface area contributed by atoms with E-state index in [1.807, 2.05) is 38.1 Å². The van der Waals surface area contributed by atoms with Crippen molar-refractivity contribution in [1.29, 1.82) is 0 Å². The molecule has 0 saturated carbocycles. The fourth-order valence-electron chi connectivity index (χ4n) is 2.16. The van der Waals surface area contributed by atoms with Crippen LogP contribution in [0, 0.1) is 0 Å². The number of carbonyl (C=O) groups is 2. The Morgan fingerprint density at radius 2 is 1.71 bits per heavy atom. The number of benzene rings is 1.